The summed E-state index contributed by atoms with van der Waals surface area (Å²) in [7, 11) is 0. The van der Waals surface area contributed by atoms with Gasteiger partial charge in [0.2, 0.25) is 0 Å². The molecule has 1 aromatic rings. The maximum absolute atomic E-state index is 3.75. The van der Waals surface area contributed by atoms with Crippen LogP contribution in [0.5, 0.6) is 0 Å². The Balaban J connectivity index is 3.45. The Bertz CT molecular complexity index is 357. The quantitative estimate of drug-likeness (QED) is 0.614. The monoisotopic (exact) mass is 346 g/mol. The minimum atomic E-state index is 0.0256. The predicted molar refractivity (Wildman–Crippen MR) is 79.8 cm³/mol. The molecule has 0 aliphatic heterocycles. The van der Waals surface area contributed by atoms with Crippen molar-refractivity contribution in [3.63, 3.8) is 0 Å². The lowest BCUT2D eigenvalue weighted by molar-refractivity contribution is 0.761. The summed E-state index contributed by atoms with van der Waals surface area (Å²) in [5.74, 6) is 0. The lowest BCUT2D eigenvalue weighted by Crippen LogP contribution is -2.15. The van der Waals surface area contributed by atoms with E-state index in [2.05, 4.69) is 85.5 Å². The molecule has 16 heavy (non-hydrogen) atoms. The fourth-order valence-electron chi connectivity index (χ4n) is 2.13. The van der Waals surface area contributed by atoms with Gasteiger partial charge in [-0.05, 0) is 63.8 Å². The molecule has 1 aromatic carbocycles. The highest BCUT2D eigenvalue weighted by Crippen LogP contribution is 2.39. The second-order valence-corrected chi connectivity index (χ2v) is 9.39. The molecule has 0 unspecified atom stereocenters. The summed E-state index contributed by atoms with van der Waals surface area (Å²) in [6.45, 7) is 13.1. The molecule has 0 spiro atoms. The highest BCUT2D eigenvalue weighted by Gasteiger charge is 2.24. The Morgan fingerprint density at radius 3 is 1.31 bits per heavy atom. The fourth-order valence-corrected chi connectivity index (χ4v) is 2.99. The third-order valence-electron chi connectivity index (χ3n) is 2.85. The van der Waals surface area contributed by atoms with E-state index < -0.39 is 0 Å². The standard InChI is InChI=1S/C14H20Br2/c1-9-7-10(2)12(14(5,6)16)8-11(9)13(3,4)15/h7-8H,1-6H3. The second-order valence-electron chi connectivity index (χ2n) is 5.43. The molecule has 0 radical (unpaired) electrons. The summed E-state index contributed by atoms with van der Waals surface area (Å²) in [6.07, 6.45) is 0. The smallest absolute Gasteiger partial charge is 0.0452 e. The maximum Gasteiger partial charge on any atom is 0.0452 e. The number of benzene rings is 1. The molecule has 1 rings (SSSR count). The minimum Gasteiger partial charge on any atom is -0.0807 e. The van der Waals surface area contributed by atoms with Crippen LogP contribution in [0.25, 0.3) is 0 Å². The second kappa shape index (κ2) is 4.45. The molecule has 0 saturated heterocycles. The first kappa shape index (κ1) is 14.2. The zero-order valence-corrected chi connectivity index (χ0v) is 14.1. The number of rotatable bonds is 2. The van der Waals surface area contributed by atoms with Gasteiger partial charge >= 0.3 is 0 Å². The normalized spacial score (nSPS) is 13.0. The van der Waals surface area contributed by atoms with Crippen molar-refractivity contribution in [3.05, 3.63) is 34.4 Å². The minimum absolute atomic E-state index is 0.0256. The zero-order chi connectivity index (χ0) is 12.7. The van der Waals surface area contributed by atoms with Gasteiger partial charge in [0, 0.05) is 8.65 Å². The first-order valence-corrected chi connectivity index (χ1v) is 7.12. The topological polar surface area (TPSA) is 0 Å². The van der Waals surface area contributed by atoms with E-state index in [1.54, 1.807) is 0 Å². The van der Waals surface area contributed by atoms with Crippen LogP contribution in [0.3, 0.4) is 0 Å². The highest BCUT2D eigenvalue weighted by molar-refractivity contribution is 9.09. The van der Waals surface area contributed by atoms with Crippen LogP contribution in [0.2, 0.25) is 0 Å². The maximum atomic E-state index is 3.75. The van der Waals surface area contributed by atoms with Crippen molar-refractivity contribution in [2.45, 2.75) is 50.2 Å². The van der Waals surface area contributed by atoms with E-state index in [4.69, 9.17) is 0 Å². The molecule has 0 fully saturated rings. The van der Waals surface area contributed by atoms with E-state index in [0.717, 1.165) is 0 Å². The van der Waals surface area contributed by atoms with Crippen molar-refractivity contribution in [1.82, 2.24) is 0 Å². The average molecular weight is 348 g/mol. The number of hydrogen-bond donors (Lipinski definition) is 0. The molecule has 0 aromatic heterocycles. The predicted octanol–water partition coefficient (Wildman–Crippen LogP) is 5.56. The molecule has 2 heteroatoms. The van der Waals surface area contributed by atoms with E-state index in [0.29, 0.717) is 0 Å². The average Bonchev–Trinajstić information content (AvgIpc) is 1.97. The Hall–Kier alpha value is 0.180. The first-order valence-electron chi connectivity index (χ1n) is 5.53. The summed E-state index contributed by atoms with van der Waals surface area (Å²) in [6, 6.07) is 4.59. The molecule has 0 heterocycles. The van der Waals surface area contributed by atoms with E-state index >= 15 is 0 Å². The molecular formula is C14H20Br2. The van der Waals surface area contributed by atoms with Crippen LogP contribution in [0.15, 0.2) is 12.1 Å². The molecule has 0 saturated carbocycles. The SMILES string of the molecule is Cc1cc(C)c(C(C)(C)Br)cc1C(C)(C)Br. The van der Waals surface area contributed by atoms with Crippen LogP contribution >= 0.6 is 31.9 Å². The summed E-state index contributed by atoms with van der Waals surface area (Å²) in [4.78, 5) is 0. The Morgan fingerprint density at radius 1 is 0.750 bits per heavy atom. The Kier molecular flexibility index (Phi) is 3.96. The first-order chi connectivity index (χ1) is 7.03. The molecule has 0 atom stereocenters. The number of hydrogen-bond acceptors (Lipinski definition) is 0. The third kappa shape index (κ3) is 3.10. The van der Waals surface area contributed by atoms with E-state index in [9.17, 15) is 0 Å². The molecule has 90 valence electrons. The van der Waals surface area contributed by atoms with Gasteiger partial charge < -0.3 is 0 Å². The molecule has 0 aliphatic carbocycles. The summed E-state index contributed by atoms with van der Waals surface area (Å²) >= 11 is 7.50. The van der Waals surface area contributed by atoms with Gasteiger partial charge in [-0.3, -0.25) is 0 Å². The van der Waals surface area contributed by atoms with Gasteiger partial charge in [-0.2, -0.15) is 0 Å². The molecule has 0 bridgehead atoms. The lowest BCUT2D eigenvalue weighted by Gasteiger charge is -2.26. The van der Waals surface area contributed by atoms with Gasteiger partial charge in [0.05, 0.1) is 0 Å². The number of halogens is 2. The van der Waals surface area contributed by atoms with Crippen molar-refractivity contribution in [2.24, 2.45) is 0 Å². The van der Waals surface area contributed by atoms with Gasteiger partial charge in [-0.25, -0.2) is 0 Å². The summed E-state index contributed by atoms with van der Waals surface area (Å²) < 4.78 is 0.0512. The van der Waals surface area contributed by atoms with Gasteiger partial charge in [-0.1, -0.05) is 44.0 Å². The van der Waals surface area contributed by atoms with Crippen molar-refractivity contribution in [1.29, 1.82) is 0 Å². The van der Waals surface area contributed by atoms with Crippen molar-refractivity contribution < 1.29 is 0 Å². The fraction of sp³-hybridized carbons (Fsp3) is 0.571. The van der Waals surface area contributed by atoms with Gasteiger partial charge in [0.1, 0.15) is 0 Å². The van der Waals surface area contributed by atoms with Crippen molar-refractivity contribution in [3.8, 4) is 0 Å². The summed E-state index contributed by atoms with van der Waals surface area (Å²) in [5.41, 5.74) is 5.42. The Labute approximate surface area is 116 Å². The molecular weight excluding hydrogens is 328 g/mol. The van der Waals surface area contributed by atoms with E-state index in [-0.39, 0.29) is 8.65 Å². The van der Waals surface area contributed by atoms with Gasteiger partial charge in [-0.15, -0.1) is 0 Å². The van der Waals surface area contributed by atoms with Crippen LogP contribution in [0.4, 0.5) is 0 Å². The lowest BCUT2D eigenvalue weighted by atomic mass is 9.89. The molecule has 0 nitrogen and oxygen atoms in total. The van der Waals surface area contributed by atoms with Crippen LogP contribution in [0, 0.1) is 13.8 Å². The van der Waals surface area contributed by atoms with Crippen LogP contribution < -0.4 is 0 Å². The number of aryl methyl sites for hydroxylation is 2. The summed E-state index contributed by atoms with van der Waals surface area (Å²) in [5, 5.41) is 0. The Morgan fingerprint density at radius 2 is 1.06 bits per heavy atom. The molecule has 0 N–H and O–H groups in total. The third-order valence-corrected chi connectivity index (χ3v) is 3.71. The van der Waals surface area contributed by atoms with E-state index in [1.165, 1.54) is 22.3 Å². The van der Waals surface area contributed by atoms with Crippen molar-refractivity contribution >= 4 is 31.9 Å². The van der Waals surface area contributed by atoms with E-state index in [1.807, 2.05) is 0 Å². The number of alkyl halides is 2. The van der Waals surface area contributed by atoms with Gasteiger partial charge in [0.25, 0.3) is 0 Å². The molecule has 0 amide bonds. The van der Waals surface area contributed by atoms with Crippen molar-refractivity contribution in [2.75, 3.05) is 0 Å². The van der Waals surface area contributed by atoms with Crippen LogP contribution in [-0.4, -0.2) is 0 Å². The zero-order valence-electron chi connectivity index (χ0n) is 10.9. The highest BCUT2D eigenvalue weighted by atomic mass is 79.9. The largest absolute Gasteiger partial charge is 0.0807 e. The van der Waals surface area contributed by atoms with Gasteiger partial charge in [0.15, 0.2) is 0 Å². The molecule has 0 aliphatic rings. The van der Waals surface area contributed by atoms with Crippen LogP contribution in [0.1, 0.15) is 49.9 Å². The van der Waals surface area contributed by atoms with Crippen LogP contribution in [-0.2, 0) is 8.65 Å².